The van der Waals surface area contributed by atoms with E-state index in [0.717, 1.165) is 24.2 Å². The number of halogens is 1. The molecule has 8 heteroatoms. The fraction of sp³-hybridized carbons (Fsp3) is 0.542. The molecular formula is C24H32ClN3O4. The summed E-state index contributed by atoms with van der Waals surface area (Å²) in [5.41, 5.74) is 2.42. The van der Waals surface area contributed by atoms with E-state index in [2.05, 4.69) is 5.32 Å². The number of aryl methyl sites for hydroxylation is 1. The summed E-state index contributed by atoms with van der Waals surface area (Å²) in [6.07, 6.45) is 2.98. The minimum atomic E-state index is -0.411. The van der Waals surface area contributed by atoms with Gasteiger partial charge in [0.15, 0.2) is 0 Å². The van der Waals surface area contributed by atoms with Crippen molar-refractivity contribution in [2.75, 3.05) is 26.4 Å². The first-order valence-corrected chi connectivity index (χ1v) is 11.6. The van der Waals surface area contributed by atoms with Gasteiger partial charge in [-0.2, -0.15) is 5.10 Å². The molecule has 1 aromatic carbocycles. The highest BCUT2D eigenvalue weighted by Gasteiger charge is 2.28. The lowest BCUT2D eigenvalue weighted by Crippen LogP contribution is -2.29. The van der Waals surface area contributed by atoms with Crippen LogP contribution in [0, 0.1) is 5.41 Å². The van der Waals surface area contributed by atoms with Gasteiger partial charge in [-0.3, -0.25) is 9.48 Å². The Hall–Kier alpha value is -2.38. The number of nitrogens with one attached hydrogen (secondary N) is 1. The highest BCUT2D eigenvalue weighted by molar-refractivity contribution is 6.30. The van der Waals surface area contributed by atoms with Crippen molar-refractivity contribution in [1.29, 1.82) is 0 Å². The topological polar surface area (TPSA) is 82.5 Å². The van der Waals surface area contributed by atoms with E-state index in [1.807, 2.05) is 25.5 Å². The molecule has 174 valence electrons. The van der Waals surface area contributed by atoms with Gasteiger partial charge in [-0.25, -0.2) is 4.79 Å². The number of benzene rings is 1. The van der Waals surface area contributed by atoms with Gasteiger partial charge < -0.3 is 14.8 Å². The lowest BCUT2D eigenvalue weighted by Gasteiger charge is -2.25. The van der Waals surface area contributed by atoms with Crippen LogP contribution in [-0.4, -0.2) is 48.0 Å². The van der Waals surface area contributed by atoms with Gasteiger partial charge in [0.2, 0.25) is 0 Å². The zero-order valence-corrected chi connectivity index (χ0v) is 19.8. The zero-order chi connectivity index (χ0) is 23.1. The van der Waals surface area contributed by atoms with Gasteiger partial charge in [0.1, 0.15) is 0 Å². The predicted molar refractivity (Wildman–Crippen MR) is 123 cm³/mol. The van der Waals surface area contributed by atoms with Gasteiger partial charge in [0, 0.05) is 36.7 Å². The highest BCUT2D eigenvalue weighted by atomic mass is 35.5. The maximum Gasteiger partial charge on any atom is 0.338 e. The van der Waals surface area contributed by atoms with Crippen molar-refractivity contribution < 1.29 is 19.1 Å². The van der Waals surface area contributed by atoms with Gasteiger partial charge in [-0.1, -0.05) is 38.4 Å². The molecule has 0 radical (unpaired) electrons. The number of carbonyl (C=O) groups is 2. The highest BCUT2D eigenvalue weighted by Crippen LogP contribution is 2.25. The van der Waals surface area contributed by atoms with Gasteiger partial charge in [0.25, 0.3) is 5.91 Å². The Bertz CT molecular complexity index is 955. The molecule has 0 atom stereocenters. The second-order valence-corrected chi connectivity index (χ2v) is 9.29. The largest absolute Gasteiger partial charge is 0.461 e. The van der Waals surface area contributed by atoms with Crippen LogP contribution in [0.2, 0.25) is 5.02 Å². The van der Waals surface area contributed by atoms with E-state index in [1.165, 1.54) is 0 Å². The zero-order valence-electron chi connectivity index (χ0n) is 19.1. The molecule has 0 unspecified atom stereocenters. The average molecular weight is 462 g/mol. The standard InChI is InChI=1S/C24H32ClN3O4/c1-4-19-21-20(10-6-12-31-13-7-11-26-22(21)29)28(27-19)15-24(2,3)16-32-23(30)17-8-5-9-18(25)14-17/h5,8-9,14H,4,6-7,10-13,15-16H2,1-3H3,(H,26,29). The first kappa shape index (κ1) is 24.3. The third-order valence-electron chi connectivity index (χ3n) is 5.38. The molecule has 32 heavy (non-hydrogen) atoms. The summed E-state index contributed by atoms with van der Waals surface area (Å²) in [4.78, 5) is 25.3. The van der Waals surface area contributed by atoms with E-state index < -0.39 is 11.4 Å². The van der Waals surface area contributed by atoms with Crippen LogP contribution < -0.4 is 5.32 Å². The SMILES string of the molecule is CCc1nn(CC(C)(C)COC(=O)c2cccc(Cl)c2)c2c1C(=O)NCCCOCCC2. The molecule has 0 bridgehead atoms. The van der Waals surface area contributed by atoms with Crippen molar-refractivity contribution in [1.82, 2.24) is 15.1 Å². The molecule has 3 rings (SSSR count). The molecule has 1 amide bonds. The van der Waals surface area contributed by atoms with Crippen LogP contribution in [0.3, 0.4) is 0 Å². The fourth-order valence-electron chi connectivity index (χ4n) is 3.77. The van der Waals surface area contributed by atoms with Crippen molar-refractivity contribution >= 4 is 23.5 Å². The maximum atomic E-state index is 12.9. The Labute approximate surface area is 194 Å². The first-order valence-electron chi connectivity index (χ1n) is 11.2. The van der Waals surface area contributed by atoms with Gasteiger partial charge in [0.05, 0.1) is 29.1 Å². The average Bonchev–Trinajstić information content (AvgIpc) is 3.08. The molecule has 0 saturated carbocycles. The lowest BCUT2D eigenvalue weighted by molar-refractivity contribution is 0.0304. The number of hydrogen-bond donors (Lipinski definition) is 1. The predicted octanol–water partition coefficient (Wildman–Crippen LogP) is 4.06. The van der Waals surface area contributed by atoms with E-state index >= 15 is 0 Å². The number of esters is 1. The normalized spacial score (nSPS) is 15.4. The second-order valence-electron chi connectivity index (χ2n) is 8.86. The molecule has 1 aliphatic heterocycles. The summed E-state index contributed by atoms with van der Waals surface area (Å²) in [5.74, 6) is -0.485. The van der Waals surface area contributed by atoms with Crippen molar-refractivity contribution in [3.63, 3.8) is 0 Å². The first-order chi connectivity index (χ1) is 15.3. The number of carbonyl (C=O) groups excluding carboxylic acids is 2. The van der Waals surface area contributed by atoms with Crippen LogP contribution in [0.25, 0.3) is 0 Å². The van der Waals surface area contributed by atoms with Crippen molar-refractivity contribution in [3.8, 4) is 0 Å². The van der Waals surface area contributed by atoms with Crippen LogP contribution in [0.15, 0.2) is 24.3 Å². The maximum absolute atomic E-state index is 12.9. The monoisotopic (exact) mass is 461 g/mol. The van der Waals surface area contributed by atoms with Gasteiger partial charge in [-0.05, 0) is 43.9 Å². The smallest absolute Gasteiger partial charge is 0.338 e. The summed E-state index contributed by atoms with van der Waals surface area (Å²) in [7, 11) is 0. The summed E-state index contributed by atoms with van der Waals surface area (Å²) >= 11 is 5.98. The molecule has 0 saturated heterocycles. The van der Waals surface area contributed by atoms with E-state index in [9.17, 15) is 9.59 Å². The molecule has 7 nitrogen and oxygen atoms in total. The van der Waals surface area contributed by atoms with Crippen LogP contribution in [0.1, 0.15) is 65.7 Å². The van der Waals surface area contributed by atoms with Crippen molar-refractivity contribution in [2.24, 2.45) is 5.41 Å². The summed E-state index contributed by atoms with van der Waals surface area (Å²) in [6.45, 7) is 8.66. The number of aromatic nitrogens is 2. The van der Waals surface area contributed by atoms with E-state index in [-0.39, 0.29) is 12.5 Å². The Morgan fingerprint density at radius 1 is 1.31 bits per heavy atom. The molecule has 1 aromatic heterocycles. The quantitative estimate of drug-likeness (QED) is 0.656. The van der Waals surface area contributed by atoms with Gasteiger partial charge >= 0.3 is 5.97 Å². The molecule has 1 aliphatic rings. The van der Waals surface area contributed by atoms with Crippen LogP contribution >= 0.6 is 11.6 Å². The number of nitrogens with zero attached hydrogens (tertiary/aromatic N) is 2. The fourth-order valence-corrected chi connectivity index (χ4v) is 3.96. The summed E-state index contributed by atoms with van der Waals surface area (Å²) < 4.78 is 13.2. The van der Waals surface area contributed by atoms with Crippen LogP contribution in [0.5, 0.6) is 0 Å². The third-order valence-corrected chi connectivity index (χ3v) is 5.61. The van der Waals surface area contributed by atoms with Gasteiger partial charge in [-0.15, -0.1) is 0 Å². The second kappa shape index (κ2) is 11.0. The molecule has 0 aliphatic carbocycles. The van der Waals surface area contributed by atoms with Crippen LogP contribution in [-0.2, 0) is 28.9 Å². The Morgan fingerprint density at radius 3 is 2.84 bits per heavy atom. The number of amides is 1. The van der Waals surface area contributed by atoms with Crippen LogP contribution in [0.4, 0.5) is 0 Å². The third kappa shape index (κ3) is 6.33. The Morgan fingerprint density at radius 2 is 2.09 bits per heavy atom. The van der Waals surface area contributed by atoms with E-state index in [0.29, 0.717) is 55.3 Å². The molecule has 2 heterocycles. The summed E-state index contributed by atoms with van der Waals surface area (Å²) in [5, 5.41) is 8.26. The molecular weight excluding hydrogens is 430 g/mol. The molecule has 1 N–H and O–H groups in total. The Balaban J connectivity index is 1.77. The summed E-state index contributed by atoms with van der Waals surface area (Å²) in [6, 6.07) is 6.71. The Kier molecular flexibility index (Phi) is 8.32. The molecule has 0 fully saturated rings. The number of rotatable bonds is 6. The minimum Gasteiger partial charge on any atom is -0.461 e. The molecule has 2 aromatic rings. The van der Waals surface area contributed by atoms with E-state index in [1.54, 1.807) is 24.3 Å². The number of fused-ring (bicyclic) bond motifs is 1. The number of ether oxygens (including phenoxy) is 2. The minimum absolute atomic E-state index is 0.0739. The lowest BCUT2D eigenvalue weighted by atomic mass is 9.94. The number of hydrogen-bond acceptors (Lipinski definition) is 5. The van der Waals surface area contributed by atoms with Crippen molar-refractivity contribution in [2.45, 2.75) is 53.0 Å². The van der Waals surface area contributed by atoms with E-state index in [4.69, 9.17) is 26.2 Å². The van der Waals surface area contributed by atoms with Crippen molar-refractivity contribution in [3.05, 3.63) is 51.8 Å². The molecule has 0 spiro atoms.